The van der Waals surface area contributed by atoms with Crippen LogP contribution < -0.4 is 5.32 Å². The summed E-state index contributed by atoms with van der Waals surface area (Å²) in [7, 11) is 0. The Bertz CT molecular complexity index is 452. The Labute approximate surface area is 92.4 Å². The van der Waals surface area contributed by atoms with Gasteiger partial charge in [-0.25, -0.2) is 0 Å². The molecule has 2 aromatic heterocycles. The summed E-state index contributed by atoms with van der Waals surface area (Å²) in [6, 6.07) is 3.93. The summed E-state index contributed by atoms with van der Waals surface area (Å²) in [6.45, 7) is 4.88. The molecule has 0 aliphatic carbocycles. The second-order valence-corrected chi connectivity index (χ2v) is 4.06. The first-order valence-electron chi connectivity index (χ1n) is 4.80. The molecule has 2 rings (SSSR count). The molecule has 0 aliphatic heterocycles. The highest BCUT2D eigenvalue weighted by Gasteiger charge is 2.08. The number of nitrogens with one attached hydrogen (secondary N) is 1. The van der Waals surface area contributed by atoms with E-state index in [4.69, 9.17) is 0 Å². The van der Waals surface area contributed by atoms with Crippen molar-refractivity contribution in [3.63, 3.8) is 0 Å². The maximum atomic E-state index is 4.23. The largest absolute Gasteiger partial charge is 0.360 e. The highest BCUT2D eigenvalue weighted by Crippen LogP contribution is 2.27. The van der Waals surface area contributed by atoms with Gasteiger partial charge in [-0.2, -0.15) is 0 Å². The Morgan fingerprint density at radius 2 is 2.27 bits per heavy atom. The molecule has 0 atom stereocenters. The van der Waals surface area contributed by atoms with Crippen LogP contribution in [0.25, 0.3) is 10.6 Å². The number of aromatic nitrogens is 3. The lowest BCUT2D eigenvalue weighted by Gasteiger charge is -1.98. The Morgan fingerprint density at radius 1 is 1.40 bits per heavy atom. The summed E-state index contributed by atoms with van der Waals surface area (Å²) in [6.07, 6.45) is 1.78. The molecule has 78 valence electrons. The molecule has 0 aliphatic rings. The van der Waals surface area contributed by atoms with Crippen LogP contribution in [0, 0.1) is 6.92 Å². The average Bonchev–Trinajstić information content (AvgIpc) is 2.68. The number of nitrogens with zero attached hydrogens (tertiary/aromatic N) is 3. The van der Waals surface area contributed by atoms with Crippen molar-refractivity contribution in [2.75, 3.05) is 11.9 Å². The first-order valence-corrected chi connectivity index (χ1v) is 5.62. The molecule has 0 aromatic carbocycles. The van der Waals surface area contributed by atoms with Crippen LogP contribution in [0.1, 0.15) is 12.6 Å². The van der Waals surface area contributed by atoms with Crippen molar-refractivity contribution in [3.05, 3.63) is 24.0 Å². The first kappa shape index (κ1) is 10.0. The predicted octanol–water partition coefficient (Wildman–Crippen LogP) is 2.34. The number of pyridine rings is 1. The predicted molar refractivity (Wildman–Crippen MR) is 62.0 cm³/mol. The van der Waals surface area contributed by atoms with Gasteiger partial charge in [-0.15, -0.1) is 10.2 Å². The number of rotatable bonds is 3. The summed E-state index contributed by atoms with van der Waals surface area (Å²) >= 11 is 1.55. The van der Waals surface area contributed by atoms with Crippen LogP contribution >= 0.6 is 11.3 Å². The maximum absolute atomic E-state index is 4.23. The van der Waals surface area contributed by atoms with Crippen LogP contribution in [0.4, 0.5) is 5.13 Å². The number of aryl methyl sites for hydroxylation is 1. The fourth-order valence-electron chi connectivity index (χ4n) is 1.27. The molecule has 4 nitrogen and oxygen atoms in total. The molecule has 0 spiro atoms. The molecule has 0 radical (unpaired) electrons. The summed E-state index contributed by atoms with van der Waals surface area (Å²) in [5.41, 5.74) is 2.04. The van der Waals surface area contributed by atoms with Gasteiger partial charge in [0.1, 0.15) is 0 Å². The van der Waals surface area contributed by atoms with Gasteiger partial charge >= 0.3 is 0 Å². The first-order chi connectivity index (χ1) is 7.31. The van der Waals surface area contributed by atoms with E-state index >= 15 is 0 Å². The molecule has 2 heterocycles. The van der Waals surface area contributed by atoms with Crippen molar-refractivity contribution in [2.45, 2.75) is 13.8 Å². The highest BCUT2D eigenvalue weighted by atomic mass is 32.1. The van der Waals surface area contributed by atoms with E-state index in [-0.39, 0.29) is 0 Å². The van der Waals surface area contributed by atoms with E-state index in [9.17, 15) is 0 Å². The van der Waals surface area contributed by atoms with Gasteiger partial charge < -0.3 is 5.32 Å². The molecule has 15 heavy (non-hydrogen) atoms. The quantitative estimate of drug-likeness (QED) is 0.862. The van der Waals surface area contributed by atoms with Gasteiger partial charge in [-0.1, -0.05) is 11.3 Å². The Kier molecular flexibility index (Phi) is 2.91. The molecular formula is C10H12N4S. The third-order valence-electron chi connectivity index (χ3n) is 1.99. The third kappa shape index (κ3) is 2.12. The minimum atomic E-state index is 0.857. The monoisotopic (exact) mass is 220 g/mol. The molecule has 1 N–H and O–H groups in total. The van der Waals surface area contributed by atoms with Gasteiger partial charge in [0.15, 0.2) is 5.01 Å². The van der Waals surface area contributed by atoms with E-state index in [1.807, 2.05) is 26.0 Å². The van der Waals surface area contributed by atoms with E-state index in [0.29, 0.717) is 0 Å². The van der Waals surface area contributed by atoms with Gasteiger partial charge in [0, 0.05) is 24.0 Å². The zero-order valence-corrected chi connectivity index (χ0v) is 9.51. The normalized spacial score (nSPS) is 10.3. The molecule has 0 bridgehead atoms. The van der Waals surface area contributed by atoms with Crippen molar-refractivity contribution in [1.82, 2.24) is 15.2 Å². The average molecular weight is 220 g/mol. The minimum absolute atomic E-state index is 0.857. The fraction of sp³-hybridized carbons (Fsp3) is 0.300. The van der Waals surface area contributed by atoms with Crippen LogP contribution in [0.5, 0.6) is 0 Å². The van der Waals surface area contributed by atoms with Gasteiger partial charge in [-0.05, 0) is 26.0 Å². The molecule has 0 amide bonds. The zero-order valence-electron chi connectivity index (χ0n) is 8.69. The van der Waals surface area contributed by atoms with Crippen LogP contribution in [-0.2, 0) is 0 Å². The molecule has 2 aromatic rings. The number of hydrogen-bond acceptors (Lipinski definition) is 5. The lowest BCUT2D eigenvalue weighted by molar-refractivity contribution is 1.06. The smallest absolute Gasteiger partial charge is 0.205 e. The minimum Gasteiger partial charge on any atom is -0.360 e. The molecular weight excluding hydrogens is 208 g/mol. The summed E-state index contributed by atoms with van der Waals surface area (Å²) in [5, 5.41) is 13.1. The van der Waals surface area contributed by atoms with Crippen molar-refractivity contribution >= 4 is 16.5 Å². The van der Waals surface area contributed by atoms with Crippen molar-refractivity contribution in [2.24, 2.45) is 0 Å². The van der Waals surface area contributed by atoms with Crippen molar-refractivity contribution < 1.29 is 0 Å². The molecule has 0 saturated heterocycles. The van der Waals surface area contributed by atoms with E-state index in [1.165, 1.54) is 0 Å². The summed E-state index contributed by atoms with van der Waals surface area (Å²) < 4.78 is 0. The molecule has 0 fully saturated rings. The second-order valence-electron chi connectivity index (χ2n) is 3.08. The van der Waals surface area contributed by atoms with Gasteiger partial charge in [0.25, 0.3) is 0 Å². The second kappa shape index (κ2) is 4.35. The number of hydrogen-bond donors (Lipinski definition) is 1. The SMILES string of the molecule is CCNc1nnc(-c2cccnc2C)s1. The molecule has 0 saturated carbocycles. The van der Waals surface area contributed by atoms with Crippen LogP contribution in [0.3, 0.4) is 0 Å². The van der Waals surface area contributed by atoms with Gasteiger partial charge in [0.2, 0.25) is 5.13 Å². The summed E-state index contributed by atoms with van der Waals surface area (Å²) in [5.74, 6) is 0. The zero-order chi connectivity index (χ0) is 10.7. The van der Waals surface area contributed by atoms with E-state index < -0.39 is 0 Å². The lowest BCUT2D eigenvalue weighted by Crippen LogP contribution is -1.94. The van der Waals surface area contributed by atoms with Gasteiger partial charge in [-0.3, -0.25) is 4.98 Å². The summed E-state index contributed by atoms with van der Waals surface area (Å²) in [4.78, 5) is 4.23. The topological polar surface area (TPSA) is 50.7 Å². The lowest BCUT2D eigenvalue weighted by atomic mass is 10.2. The van der Waals surface area contributed by atoms with Crippen LogP contribution in [0.15, 0.2) is 18.3 Å². The standard InChI is InChI=1S/C10H12N4S/c1-3-11-10-14-13-9(15-10)8-5-4-6-12-7(8)2/h4-6H,3H2,1-2H3,(H,11,14). The van der Waals surface area contributed by atoms with E-state index in [0.717, 1.165) is 27.9 Å². The Morgan fingerprint density at radius 3 is 3.00 bits per heavy atom. The number of anilines is 1. The van der Waals surface area contributed by atoms with Crippen LogP contribution in [-0.4, -0.2) is 21.7 Å². The van der Waals surface area contributed by atoms with E-state index in [2.05, 4.69) is 20.5 Å². The third-order valence-corrected chi connectivity index (χ3v) is 2.90. The molecule has 0 unspecified atom stereocenters. The van der Waals surface area contributed by atoms with E-state index in [1.54, 1.807) is 17.5 Å². The fourth-order valence-corrected chi connectivity index (χ4v) is 2.15. The Hall–Kier alpha value is -1.49. The highest BCUT2D eigenvalue weighted by molar-refractivity contribution is 7.18. The van der Waals surface area contributed by atoms with Gasteiger partial charge in [0.05, 0.1) is 0 Å². The molecule has 5 heteroatoms. The van der Waals surface area contributed by atoms with Crippen molar-refractivity contribution in [3.8, 4) is 10.6 Å². The van der Waals surface area contributed by atoms with Crippen molar-refractivity contribution in [1.29, 1.82) is 0 Å². The maximum Gasteiger partial charge on any atom is 0.205 e. The van der Waals surface area contributed by atoms with Crippen LogP contribution in [0.2, 0.25) is 0 Å². The Balaban J connectivity index is 2.33.